The van der Waals surface area contributed by atoms with Crippen molar-refractivity contribution in [2.24, 2.45) is 0 Å². The minimum Gasteiger partial charge on any atom is -0.388 e. The van der Waals surface area contributed by atoms with Gasteiger partial charge in [-0.2, -0.15) is 0 Å². The Hall–Kier alpha value is -1.88. The highest BCUT2D eigenvalue weighted by molar-refractivity contribution is 5.23. The van der Waals surface area contributed by atoms with E-state index in [-0.39, 0.29) is 17.5 Å². The van der Waals surface area contributed by atoms with Crippen LogP contribution in [0.5, 0.6) is 0 Å². The van der Waals surface area contributed by atoms with Crippen molar-refractivity contribution in [1.29, 1.82) is 0 Å². The van der Waals surface area contributed by atoms with Gasteiger partial charge in [0.05, 0.1) is 12.3 Å². The molecule has 1 atom stereocenters. The molecule has 0 saturated carbocycles. The smallest absolute Gasteiger partial charge is 0.147 e. The van der Waals surface area contributed by atoms with E-state index in [4.69, 9.17) is 0 Å². The van der Waals surface area contributed by atoms with E-state index in [1.165, 1.54) is 12.3 Å². The van der Waals surface area contributed by atoms with Crippen molar-refractivity contribution in [2.75, 3.05) is 0 Å². The van der Waals surface area contributed by atoms with Gasteiger partial charge in [0.25, 0.3) is 0 Å². The number of aliphatic hydroxyl groups is 1. The molecule has 0 aliphatic heterocycles. The quantitative estimate of drug-likeness (QED) is 0.912. The van der Waals surface area contributed by atoms with Crippen molar-refractivity contribution in [2.45, 2.75) is 12.5 Å². The van der Waals surface area contributed by atoms with Crippen LogP contribution in [0.25, 0.3) is 0 Å². The Labute approximate surface area is 102 Å². The second-order valence-corrected chi connectivity index (χ2v) is 3.89. The molecule has 5 heteroatoms. The van der Waals surface area contributed by atoms with Crippen LogP contribution in [-0.4, -0.2) is 10.1 Å². The Kier molecular flexibility index (Phi) is 3.62. The minimum atomic E-state index is -1.17. The first kappa shape index (κ1) is 12.6. The molecule has 1 aromatic heterocycles. The number of hydrogen-bond acceptors (Lipinski definition) is 2. The third-order valence-electron chi connectivity index (χ3n) is 2.51. The predicted octanol–water partition coefficient (Wildman–Crippen LogP) is 2.78. The molecule has 0 radical (unpaired) electrons. The molecule has 1 N–H and O–H groups in total. The summed E-state index contributed by atoms with van der Waals surface area (Å²) < 4.78 is 39.2. The van der Waals surface area contributed by atoms with Crippen LogP contribution in [0.2, 0.25) is 0 Å². The largest absolute Gasteiger partial charge is 0.388 e. The lowest BCUT2D eigenvalue weighted by Gasteiger charge is -2.11. The molecular weight excluding hydrogens is 243 g/mol. The summed E-state index contributed by atoms with van der Waals surface area (Å²) >= 11 is 0. The number of benzene rings is 1. The molecule has 0 bridgehead atoms. The Morgan fingerprint density at radius 2 is 1.78 bits per heavy atom. The molecule has 0 fully saturated rings. The third-order valence-corrected chi connectivity index (χ3v) is 2.51. The Morgan fingerprint density at radius 3 is 2.39 bits per heavy atom. The Morgan fingerprint density at radius 1 is 1.11 bits per heavy atom. The van der Waals surface area contributed by atoms with Gasteiger partial charge in [-0.1, -0.05) is 0 Å². The van der Waals surface area contributed by atoms with E-state index < -0.39 is 23.6 Å². The number of pyridine rings is 1. The standard InChI is InChI=1S/C13H10F3NO/c14-9-3-8(4-10(15)6-9)5-13(18)11-1-2-17-7-12(11)16/h1-4,6-7,13,18H,5H2. The molecular formula is C13H10F3NO. The first-order valence-corrected chi connectivity index (χ1v) is 5.28. The van der Waals surface area contributed by atoms with Crippen molar-refractivity contribution in [3.05, 3.63) is 65.2 Å². The van der Waals surface area contributed by atoms with Gasteiger partial charge in [-0.25, -0.2) is 13.2 Å². The van der Waals surface area contributed by atoms with Crippen LogP contribution in [0.15, 0.2) is 36.7 Å². The summed E-state index contributed by atoms with van der Waals surface area (Å²) in [6.07, 6.45) is 1.07. The van der Waals surface area contributed by atoms with Crippen molar-refractivity contribution in [1.82, 2.24) is 4.98 Å². The van der Waals surface area contributed by atoms with E-state index in [0.29, 0.717) is 0 Å². The second kappa shape index (κ2) is 5.18. The molecule has 2 aromatic rings. The molecule has 1 unspecified atom stereocenters. The summed E-state index contributed by atoms with van der Waals surface area (Å²) in [7, 11) is 0. The molecule has 2 nitrogen and oxygen atoms in total. The normalized spacial score (nSPS) is 12.4. The lowest BCUT2D eigenvalue weighted by molar-refractivity contribution is 0.173. The van der Waals surface area contributed by atoms with Crippen LogP contribution in [0.1, 0.15) is 17.2 Å². The maximum atomic E-state index is 13.3. The Bertz CT molecular complexity index is 539. The molecule has 2 rings (SSSR count). The van der Waals surface area contributed by atoms with Crippen molar-refractivity contribution in [3.8, 4) is 0 Å². The van der Waals surface area contributed by atoms with Crippen LogP contribution in [-0.2, 0) is 6.42 Å². The Balaban J connectivity index is 2.21. The van der Waals surface area contributed by atoms with Crippen LogP contribution in [0, 0.1) is 17.5 Å². The van der Waals surface area contributed by atoms with Gasteiger partial charge in [-0.3, -0.25) is 4.98 Å². The molecule has 1 heterocycles. The number of rotatable bonds is 3. The monoisotopic (exact) mass is 253 g/mol. The lowest BCUT2D eigenvalue weighted by atomic mass is 10.0. The summed E-state index contributed by atoms with van der Waals surface area (Å²) in [6, 6.07) is 4.27. The van der Waals surface area contributed by atoms with E-state index >= 15 is 0 Å². The number of aliphatic hydroxyl groups excluding tert-OH is 1. The molecule has 0 aliphatic carbocycles. The average Bonchev–Trinajstić information content (AvgIpc) is 2.27. The average molecular weight is 253 g/mol. The summed E-state index contributed by atoms with van der Waals surface area (Å²) in [5, 5.41) is 9.82. The lowest BCUT2D eigenvalue weighted by Crippen LogP contribution is -2.05. The molecule has 0 spiro atoms. The number of hydrogen-bond donors (Lipinski definition) is 1. The SMILES string of the molecule is OC(Cc1cc(F)cc(F)c1)c1ccncc1F. The maximum Gasteiger partial charge on any atom is 0.147 e. The van der Waals surface area contributed by atoms with Crippen molar-refractivity contribution < 1.29 is 18.3 Å². The third kappa shape index (κ3) is 2.87. The van der Waals surface area contributed by atoms with Gasteiger partial charge in [0, 0.05) is 24.2 Å². The van der Waals surface area contributed by atoms with Crippen LogP contribution >= 0.6 is 0 Å². The number of nitrogens with zero attached hydrogens (tertiary/aromatic N) is 1. The summed E-state index contributed by atoms with van der Waals surface area (Å²) in [4.78, 5) is 3.56. The van der Waals surface area contributed by atoms with Gasteiger partial charge < -0.3 is 5.11 Å². The first-order valence-electron chi connectivity index (χ1n) is 5.28. The fourth-order valence-electron chi connectivity index (χ4n) is 1.72. The zero-order valence-electron chi connectivity index (χ0n) is 9.28. The van der Waals surface area contributed by atoms with E-state index in [9.17, 15) is 18.3 Å². The van der Waals surface area contributed by atoms with Crippen molar-refractivity contribution >= 4 is 0 Å². The zero-order chi connectivity index (χ0) is 13.1. The van der Waals surface area contributed by atoms with E-state index in [1.54, 1.807) is 0 Å². The number of aromatic nitrogens is 1. The maximum absolute atomic E-state index is 13.3. The molecule has 0 saturated heterocycles. The highest BCUT2D eigenvalue weighted by Gasteiger charge is 2.14. The predicted molar refractivity (Wildman–Crippen MR) is 59.2 cm³/mol. The van der Waals surface area contributed by atoms with Crippen LogP contribution in [0.3, 0.4) is 0 Å². The highest BCUT2D eigenvalue weighted by Crippen LogP contribution is 2.21. The zero-order valence-corrected chi connectivity index (χ0v) is 9.28. The van der Waals surface area contributed by atoms with Gasteiger partial charge in [0.15, 0.2) is 0 Å². The fourth-order valence-corrected chi connectivity index (χ4v) is 1.72. The second-order valence-electron chi connectivity index (χ2n) is 3.89. The molecule has 0 amide bonds. The van der Waals surface area contributed by atoms with Crippen LogP contribution in [0.4, 0.5) is 13.2 Å². The first-order chi connectivity index (χ1) is 8.56. The molecule has 1 aromatic carbocycles. The summed E-state index contributed by atoms with van der Waals surface area (Å²) in [6.45, 7) is 0. The van der Waals surface area contributed by atoms with E-state index in [1.807, 2.05) is 0 Å². The van der Waals surface area contributed by atoms with Gasteiger partial charge in [0.2, 0.25) is 0 Å². The molecule has 18 heavy (non-hydrogen) atoms. The van der Waals surface area contributed by atoms with E-state index in [2.05, 4.69) is 4.98 Å². The summed E-state index contributed by atoms with van der Waals surface area (Å²) in [5.74, 6) is -2.11. The van der Waals surface area contributed by atoms with Gasteiger partial charge in [0.1, 0.15) is 17.5 Å². The number of halogens is 3. The van der Waals surface area contributed by atoms with Gasteiger partial charge in [-0.15, -0.1) is 0 Å². The van der Waals surface area contributed by atoms with Gasteiger partial charge >= 0.3 is 0 Å². The topological polar surface area (TPSA) is 33.1 Å². The summed E-state index contributed by atoms with van der Waals surface area (Å²) in [5.41, 5.74) is 0.311. The highest BCUT2D eigenvalue weighted by atomic mass is 19.1. The van der Waals surface area contributed by atoms with Gasteiger partial charge in [-0.05, 0) is 23.8 Å². The molecule has 0 aliphatic rings. The van der Waals surface area contributed by atoms with E-state index in [0.717, 1.165) is 24.4 Å². The minimum absolute atomic E-state index is 0.0506. The fraction of sp³-hybridized carbons (Fsp3) is 0.154. The molecule has 94 valence electrons. The van der Waals surface area contributed by atoms with Crippen molar-refractivity contribution in [3.63, 3.8) is 0 Å². The van der Waals surface area contributed by atoms with Crippen LogP contribution < -0.4 is 0 Å².